The third-order valence-corrected chi connectivity index (χ3v) is 4.88. The van der Waals surface area contributed by atoms with Crippen molar-refractivity contribution in [3.05, 3.63) is 29.3 Å². The summed E-state index contributed by atoms with van der Waals surface area (Å²) in [4.78, 5) is 0.222. The Balaban J connectivity index is 3.16. The van der Waals surface area contributed by atoms with E-state index in [2.05, 4.69) is 11.8 Å². The number of hydrogen-bond acceptors (Lipinski definition) is 4. The SMILES string of the molecule is CCCN(CCO)S(=O)(=O)c1ccc(C#CCN)c(C)c1. The number of aliphatic hydroxyl groups excluding tert-OH is 1. The van der Waals surface area contributed by atoms with Crippen LogP contribution < -0.4 is 5.73 Å². The highest BCUT2D eigenvalue weighted by Gasteiger charge is 2.23. The molecule has 21 heavy (non-hydrogen) atoms. The lowest BCUT2D eigenvalue weighted by Gasteiger charge is -2.21. The predicted octanol–water partition coefficient (Wildman–Crippen LogP) is 0.698. The topological polar surface area (TPSA) is 83.6 Å². The van der Waals surface area contributed by atoms with Crippen LogP contribution in [0.4, 0.5) is 0 Å². The summed E-state index contributed by atoms with van der Waals surface area (Å²) in [6, 6.07) is 4.84. The van der Waals surface area contributed by atoms with E-state index in [1.54, 1.807) is 18.2 Å². The summed E-state index contributed by atoms with van der Waals surface area (Å²) in [6.07, 6.45) is 0.693. The highest BCUT2D eigenvalue weighted by atomic mass is 32.2. The van der Waals surface area contributed by atoms with Gasteiger partial charge in [-0.05, 0) is 37.1 Å². The fraction of sp³-hybridized carbons (Fsp3) is 0.467. The zero-order valence-corrected chi connectivity index (χ0v) is 13.3. The molecule has 116 valence electrons. The summed E-state index contributed by atoms with van der Waals surface area (Å²) in [5, 5.41) is 9.03. The lowest BCUT2D eigenvalue weighted by Crippen LogP contribution is -2.34. The monoisotopic (exact) mass is 310 g/mol. The van der Waals surface area contributed by atoms with Gasteiger partial charge in [-0.2, -0.15) is 4.31 Å². The molecule has 0 amide bonds. The Morgan fingerprint density at radius 3 is 2.57 bits per heavy atom. The van der Waals surface area contributed by atoms with E-state index in [1.165, 1.54) is 4.31 Å². The van der Waals surface area contributed by atoms with Crippen LogP contribution in [-0.4, -0.2) is 44.1 Å². The van der Waals surface area contributed by atoms with Crippen LogP contribution in [0.1, 0.15) is 24.5 Å². The van der Waals surface area contributed by atoms with Crippen LogP contribution in [-0.2, 0) is 10.0 Å². The fourth-order valence-electron chi connectivity index (χ4n) is 1.95. The van der Waals surface area contributed by atoms with Crippen molar-refractivity contribution in [1.29, 1.82) is 0 Å². The molecule has 0 spiro atoms. The van der Waals surface area contributed by atoms with Gasteiger partial charge in [0.05, 0.1) is 18.0 Å². The molecule has 5 nitrogen and oxygen atoms in total. The molecule has 0 saturated heterocycles. The zero-order chi connectivity index (χ0) is 15.9. The number of nitrogens with zero attached hydrogens (tertiary/aromatic N) is 1. The Morgan fingerprint density at radius 2 is 2.05 bits per heavy atom. The minimum atomic E-state index is -3.58. The van der Waals surface area contributed by atoms with Crippen LogP contribution in [0.3, 0.4) is 0 Å². The first-order valence-electron chi connectivity index (χ1n) is 6.88. The average molecular weight is 310 g/mol. The number of hydrogen-bond donors (Lipinski definition) is 2. The van der Waals surface area contributed by atoms with Crippen LogP contribution in [0.25, 0.3) is 0 Å². The largest absolute Gasteiger partial charge is 0.395 e. The molecule has 1 aromatic carbocycles. The number of aliphatic hydroxyl groups is 1. The van der Waals surface area contributed by atoms with E-state index in [1.807, 2.05) is 13.8 Å². The van der Waals surface area contributed by atoms with Gasteiger partial charge in [0.15, 0.2) is 0 Å². The van der Waals surface area contributed by atoms with E-state index in [0.29, 0.717) is 13.0 Å². The molecule has 1 aromatic rings. The van der Waals surface area contributed by atoms with Crippen molar-refractivity contribution in [3.63, 3.8) is 0 Å². The summed E-state index contributed by atoms with van der Waals surface area (Å²) >= 11 is 0. The average Bonchev–Trinajstić information content (AvgIpc) is 2.45. The maximum atomic E-state index is 12.5. The van der Waals surface area contributed by atoms with Crippen molar-refractivity contribution in [2.45, 2.75) is 25.2 Å². The van der Waals surface area contributed by atoms with E-state index < -0.39 is 10.0 Å². The molecule has 0 fully saturated rings. The molecule has 0 radical (unpaired) electrons. The third-order valence-electron chi connectivity index (χ3n) is 2.98. The van der Waals surface area contributed by atoms with Crippen molar-refractivity contribution >= 4 is 10.0 Å². The van der Waals surface area contributed by atoms with Gasteiger partial charge in [-0.1, -0.05) is 18.8 Å². The maximum Gasteiger partial charge on any atom is 0.243 e. The summed E-state index contributed by atoms with van der Waals surface area (Å²) in [7, 11) is -3.58. The number of nitrogens with two attached hydrogens (primary N) is 1. The standard InChI is InChI=1S/C15H22N2O3S/c1-3-9-17(10-11-18)21(19,20)15-7-6-14(5-4-8-16)13(2)12-15/h6-7,12,18H,3,8-11,16H2,1-2H3. The van der Waals surface area contributed by atoms with Gasteiger partial charge >= 0.3 is 0 Å². The first kappa shape index (κ1) is 17.7. The normalized spacial score (nSPS) is 11.3. The van der Waals surface area contributed by atoms with Crippen LogP contribution >= 0.6 is 0 Å². The summed E-state index contributed by atoms with van der Waals surface area (Å²) in [6.45, 7) is 4.27. The van der Waals surface area contributed by atoms with E-state index in [0.717, 1.165) is 11.1 Å². The van der Waals surface area contributed by atoms with E-state index in [-0.39, 0.29) is 24.6 Å². The van der Waals surface area contributed by atoms with Crippen molar-refractivity contribution < 1.29 is 13.5 Å². The fourth-order valence-corrected chi connectivity index (χ4v) is 3.55. The summed E-state index contributed by atoms with van der Waals surface area (Å²) in [5.74, 6) is 5.66. The van der Waals surface area contributed by atoms with Crippen molar-refractivity contribution in [2.24, 2.45) is 5.73 Å². The molecule has 0 aliphatic heterocycles. The van der Waals surface area contributed by atoms with Crippen molar-refractivity contribution in [2.75, 3.05) is 26.2 Å². The van der Waals surface area contributed by atoms with E-state index in [4.69, 9.17) is 10.8 Å². The minimum Gasteiger partial charge on any atom is -0.395 e. The quantitative estimate of drug-likeness (QED) is 0.758. The molecule has 0 bridgehead atoms. The minimum absolute atomic E-state index is 0.101. The first-order chi connectivity index (χ1) is 9.97. The van der Waals surface area contributed by atoms with E-state index >= 15 is 0 Å². The van der Waals surface area contributed by atoms with Crippen LogP contribution in [0.15, 0.2) is 23.1 Å². The van der Waals surface area contributed by atoms with Gasteiger partial charge in [0.2, 0.25) is 10.0 Å². The Kier molecular flexibility index (Phi) is 6.85. The van der Waals surface area contributed by atoms with Gasteiger partial charge in [0, 0.05) is 18.7 Å². The third kappa shape index (κ3) is 4.55. The lowest BCUT2D eigenvalue weighted by atomic mass is 10.1. The molecule has 0 aromatic heterocycles. The Morgan fingerprint density at radius 1 is 1.33 bits per heavy atom. The molecular formula is C15H22N2O3S. The van der Waals surface area contributed by atoms with Gasteiger partial charge < -0.3 is 10.8 Å². The maximum absolute atomic E-state index is 12.5. The second-order valence-electron chi connectivity index (χ2n) is 4.61. The number of rotatable bonds is 6. The second-order valence-corrected chi connectivity index (χ2v) is 6.55. The molecule has 0 heterocycles. The van der Waals surface area contributed by atoms with Gasteiger partial charge in [-0.15, -0.1) is 0 Å². The zero-order valence-electron chi connectivity index (χ0n) is 12.5. The number of aryl methyl sites for hydroxylation is 1. The summed E-state index contributed by atoms with van der Waals surface area (Å²) in [5.41, 5.74) is 6.89. The van der Waals surface area contributed by atoms with Gasteiger partial charge in [-0.3, -0.25) is 0 Å². The smallest absolute Gasteiger partial charge is 0.243 e. The Hall–Kier alpha value is -1.39. The van der Waals surface area contributed by atoms with Gasteiger partial charge in [-0.25, -0.2) is 8.42 Å². The molecule has 0 aliphatic rings. The van der Waals surface area contributed by atoms with E-state index in [9.17, 15) is 8.42 Å². The first-order valence-corrected chi connectivity index (χ1v) is 8.32. The Labute approximate surface area is 126 Å². The highest BCUT2D eigenvalue weighted by molar-refractivity contribution is 7.89. The Bertz CT molecular complexity index is 624. The highest BCUT2D eigenvalue weighted by Crippen LogP contribution is 2.19. The molecule has 3 N–H and O–H groups in total. The molecule has 6 heteroatoms. The van der Waals surface area contributed by atoms with Crippen molar-refractivity contribution in [1.82, 2.24) is 4.31 Å². The van der Waals surface area contributed by atoms with Crippen LogP contribution in [0, 0.1) is 18.8 Å². The molecule has 0 aliphatic carbocycles. The molecule has 0 unspecified atom stereocenters. The second kappa shape index (κ2) is 8.15. The molecule has 0 saturated carbocycles. The lowest BCUT2D eigenvalue weighted by molar-refractivity contribution is 0.253. The van der Waals surface area contributed by atoms with Gasteiger partial charge in [0.25, 0.3) is 0 Å². The van der Waals surface area contributed by atoms with Gasteiger partial charge in [0.1, 0.15) is 0 Å². The molecule has 0 atom stereocenters. The predicted molar refractivity (Wildman–Crippen MR) is 83.2 cm³/mol. The van der Waals surface area contributed by atoms with Crippen LogP contribution in [0.2, 0.25) is 0 Å². The number of benzene rings is 1. The van der Waals surface area contributed by atoms with Crippen molar-refractivity contribution in [3.8, 4) is 11.8 Å². The molecule has 1 rings (SSSR count). The van der Waals surface area contributed by atoms with Crippen LogP contribution in [0.5, 0.6) is 0 Å². The molecular weight excluding hydrogens is 288 g/mol. The number of sulfonamides is 1. The summed E-state index contributed by atoms with van der Waals surface area (Å²) < 4.78 is 26.4.